The lowest BCUT2D eigenvalue weighted by Gasteiger charge is -2.11. The number of pyridine rings is 2. The maximum Gasteiger partial charge on any atom is 0.227 e. The maximum absolute atomic E-state index is 6.23. The van der Waals surface area contributed by atoms with E-state index in [0.717, 1.165) is 39.7 Å². The fourth-order valence-electron chi connectivity index (χ4n) is 3.77. The molecular formula is C24H26N2O. The highest BCUT2D eigenvalue weighted by molar-refractivity contribution is 6.08. The molecule has 0 saturated carbocycles. The molecule has 4 aromatic rings. The highest BCUT2D eigenvalue weighted by Crippen LogP contribution is 2.35. The average molecular weight is 358 g/mol. The molecule has 138 valence electrons. The summed E-state index contributed by atoms with van der Waals surface area (Å²) >= 11 is 0. The van der Waals surface area contributed by atoms with Crippen molar-refractivity contribution in [2.75, 3.05) is 0 Å². The van der Waals surface area contributed by atoms with Gasteiger partial charge in [0.2, 0.25) is 5.71 Å². The molecule has 0 unspecified atom stereocenters. The summed E-state index contributed by atoms with van der Waals surface area (Å²) in [4.78, 5) is 9.48. The van der Waals surface area contributed by atoms with Crippen LogP contribution in [0.15, 0.2) is 47.0 Å². The number of hydrogen-bond donors (Lipinski definition) is 0. The van der Waals surface area contributed by atoms with E-state index in [1.807, 2.05) is 6.20 Å². The Morgan fingerprint density at radius 3 is 2.52 bits per heavy atom. The fraction of sp³-hybridized carbons (Fsp3) is 0.333. The van der Waals surface area contributed by atoms with Crippen molar-refractivity contribution in [3.63, 3.8) is 0 Å². The second kappa shape index (κ2) is 6.80. The molecule has 0 bridgehead atoms. The van der Waals surface area contributed by atoms with Gasteiger partial charge in [-0.1, -0.05) is 39.8 Å². The van der Waals surface area contributed by atoms with E-state index in [0.29, 0.717) is 17.5 Å². The number of fused-ring (bicyclic) bond motifs is 3. The van der Waals surface area contributed by atoms with Gasteiger partial charge in [0.05, 0.1) is 5.69 Å². The van der Waals surface area contributed by atoms with Gasteiger partial charge < -0.3 is 4.42 Å². The van der Waals surface area contributed by atoms with Crippen molar-refractivity contribution < 1.29 is 4.42 Å². The SMILES string of the molecule is Cc1cc(-c2cccc3c2oc2nc(CC(C)C)ccc23)ncc1C(C)C. The standard InChI is InChI=1S/C24H26N2O/c1-14(2)11-17-9-10-19-18-7-6-8-20(23(18)27-24(19)26-17)22-12-16(5)21(13-25-22)15(3)4/h6-10,12-15H,11H2,1-5H3. The molecule has 0 aliphatic carbocycles. The van der Waals surface area contributed by atoms with E-state index < -0.39 is 0 Å². The number of hydrogen-bond acceptors (Lipinski definition) is 3. The predicted octanol–water partition coefficient (Wildman–Crippen LogP) is 6.67. The van der Waals surface area contributed by atoms with Gasteiger partial charge in [-0.05, 0) is 60.6 Å². The van der Waals surface area contributed by atoms with Crippen LogP contribution >= 0.6 is 0 Å². The molecule has 0 amide bonds. The Bertz CT molecular complexity index is 1120. The first kappa shape index (κ1) is 17.7. The highest BCUT2D eigenvalue weighted by atomic mass is 16.3. The van der Waals surface area contributed by atoms with Gasteiger partial charge in [-0.2, -0.15) is 0 Å². The van der Waals surface area contributed by atoms with Crippen molar-refractivity contribution in [1.29, 1.82) is 0 Å². The van der Waals surface area contributed by atoms with E-state index in [-0.39, 0.29) is 0 Å². The van der Waals surface area contributed by atoms with Gasteiger partial charge in [0.1, 0.15) is 5.58 Å². The van der Waals surface area contributed by atoms with Gasteiger partial charge in [0.25, 0.3) is 0 Å². The van der Waals surface area contributed by atoms with Crippen molar-refractivity contribution in [2.24, 2.45) is 5.92 Å². The molecule has 27 heavy (non-hydrogen) atoms. The molecule has 0 aliphatic rings. The summed E-state index contributed by atoms with van der Waals surface area (Å²) in [7, 11) is 0. The highest BCUT2D eigenvalue weighted by Gasteiger charge is 2.15. The Balaban J connectivity index is 1.88. The molecule has 3 nitrogen and oxygen atoms in total. The number of benzene rings is 1. The van der Waals surface area contributed by atoms with Crippen LogP contribution in [0.3, 0.4) is 0 Å². The quantitative estimate of drug-likeness (QED) is 0.409. The fourth-order valence-corrected chi connectivity index (χ4v) is 3.77. The number of aryl methyl sites for hydroxylation is 1. The Labute approximate surface area is 160 Å². The molecule has 0 saturated heterocycles. The smallest absolute Gasteiger partial charge is 0.227 e. The number of para-hydroxylation sites is 1. The van der Waals surface area contributed by atoms with Gasteiger partial charge >= 0.3 is 0 Å². The molecule has 3 heteroatoms. The van der Waals surface area contributed by atoms with E-state index in [4.69, 9.17) is 14.4 Å². The zero-order valence-corrected chi connectivity index (χ0v) is 16.7. The lowest BCUT2D eigenvalue weighted by Crippen LogP contribution is -1.96. The van der Waals surface area contributed by atoms with Crippen LogP contribution in [-0.4, -0.2) is 9.97 Å². The van der Waals surface area contributed by atoms with Gasteiger partial charge in [-0.3, -0.25) is 4.98 Å². The zero-order chi connectivity index (χ0) is 19.1. The summed E-state index contributed by atoms with van der Waals surface area (Å²) in [6.45, 7) is 11.0. The first-order valence-electron chi connectivity index (χ1n) is 9.72. The topological polar surface area (TPSA) is 38.9 Å². The molecule has 0 atom stereocenters. The van der Waals surface area contributed by atoms with Crippen molar-refractivity contribution in [2.45, 2.75) is 47.0 Å². The lowest BCUT2D eigenvalue weighted by atomic mass is 9.98. The number of nitrogens with zero attached hydrogens (tertiary/aromatic N) is 2. The van der Waals surface area contributed by atoms with E-state index in [1.165, 1.54) is 11.1 Å². The molecule has 1 aromatic carbocycles. The Hall–Kier alpha value is -2.68. The number of aromatic nitrogens is 2. The summed E-state index contributed by atoms with van der Waals surface area (Å²) in [5.74, 6) is 1.04. The molecular weight excluding hydrogens is 332 g/mol. The Morgan fingerprint density at radius 1 is 1.00 bits per heavy atom. The van der Waals surface area contributed by atoms with Crippen molar-refractivity contribution in [1.82, 2.24) is 9.97 Å². The zero-order valence-electron chi connectivity index (χ0n) is 16.7. The van der Waals surface area contributed by atoms with Gasteiger partial charge in [0.15, 0.2) is 0 Å². The van der Waals surface area contributed by atoms with Crippen molar-refractivity contribution in [3.8, 4) is 11.3 Å². The van der Waals surface area contributed by atoms with Crippen LogP contribution in [-0.2, 0) is 6.42 Å². The molecule has 3 aromatic heterocycles. The Morgan fingerprint density at radius 2 is 1.81 bits per heavy atom. The third-order valence-corrected chi connectivity index (χ3v) is 5.09. The minimum atomic E-state index is 0.470. The summed E-state index contributed by atoms with van der Waals surface area (Å²) in [5.41, 5.74) is 7.18. The first-order chi connectivity index (χ1) is 12.9. The molecule has 0 radical (unpaired) electrons. The van der Waals surface area contributed by atoms with Crippen LogP contribution in [0, 0.1) is 12.8 Å². The number of rotatable bonds is 4. The average Bonchev–Trinajstić information content (AvgIpc) is 2.98. The molecule has 0 N–H and O–H groups in total. The number of furan rings is 1. The van der Waals surface area contributed by atoms with Crippen LogP contribution < -0.4 is 0 Å². The summed E-state index contributed by atoms with van der Waals surface area (Å²) in [6, 6.07) is 12.7. The Kier molecular flexibility index (Phi) is 4.47. The van der Waals surface area contributed by atoms with Gasteiger partial charge in [-0.25, -0.2) is 4.98 Å². The lowest BCUT2D eigenvalue weighted by molar-refractivity contribution is 0.621. The van der Waals surface area contributed by atoms with Crippen LogP contribution in [0.25, 0.3) is 33.3 Å². The van der Waals surface area contributed by atoms with E-state index in [2.05, 4.69) is 71.0 Å². The maximum atomic E-state index is 6.23. The van der Waals surface area contributed by atoms with Gasteiger partial charge in [0, 0.05) is 28.2 Å². The molecule has 0 spiro atoms. The van der Waals surface area contributed by atoms with Crippen LogP contribution in [0.5, 0.6) is 0 Å². The summed E-state index contributed by atoms with van der Waals surface area (Å²) < 4.78 is 6.23. The third kappa shape index (κ3) is 3.23. The normalized spacial score (nSPS) is 12.0. The first-order valence-corrected chi connectivity index (χ1v) is 9.72. The summed E-state index contributed by atoms with van der Waals surface area (Å²) in [5, 5.41) is 2.16. The molecule has 0 aliphatic heterocycles. The monoisotopic (exact) mass is 358 g/mol. The predicted molar refractivity (Wildman–Crippen MR) is 112 cm³/mol. The summed E-state index contributed by atoms with van der Waals surface area (Å²) in [6.07, 6.45) is 2.95. The van der Waals surface area contributed by atoms with Crippen LogP contribution in [0.2, 0.25) is 0 Å². The van der Waals surface area contributed by atoms with Crippen molar-refractivity contribution in [3.05, 3.63) is 59.4 Å². The van der Waals surface area contributed by atoms with E-state index >= 15 is 0 Å². The van der Waals surface area contributed by atoms with Gasteiger partial charge in [-0.15, -0.1) is 0 Å². The van der Waals surface area contributed by atoms with Crippen molar-refractivity contribution >= 4 is 22.1 Å². The molecule has 3 heterocycles. The second-order valence-electron chi connectivity index (χ2n) is 8.12. The molecule has 0 fully saturated rings. The minimum Gasteiger partial charge on any atom is -0.437 e. The van der Waals surface area contributed by atoms with Crippen LogP contribution in [0.1, 0.15) is 50.4 Å². The van der Waals surface area contributed by atoms with E-state index in [1.54, 1.807) is 0 Å². The second-order valence-corrected chi connectivity index (χ2v) is 8.12. The third-order valence-electron chi connectivity index (χ3n) is 5.09. The van der Waals surface area contributed by atoms with Crippen LogP contribution in [0.4, 0.5) is 0 Å². The van der Waals surface area contributed by atoms with E-state index in [9.17, 15) is 0 Å². The minimum absolute atomic E-state index is 0.470. The largest absolute Gasteiger partial charge is 0.437 e. The molecule has 4 rings (SSSR count).